The van der Waals surface area contributed by atoms with Crippen LogP contribution in [0.25, 0.3) is 0 Å². The van der Waals surface area contributed by atoms with Gasteiger partial charge in [0, 0.05) is 24.2 Å². The van der Waals surface area contributed by atoms with Crippen LogP contribution in [0.3, 0.4) is 0 Å². The molecule has 1 aliphatic carbocycles. The largest absolute Gasteiger partial charge is 0.416 e. The lowest BCUT2D eigenvalue weighted by atomic mass is 9.71. The van der Waals surface area contributed by atoms with Crippen molar-refractivity contribution in [2.45, 2.75) is 59.7 Å². The van der Waals surface area contributed by atoms with Gasteiger partial charge in [-0.2, -0.15) is 13.2 Å². The fraction of sp³-hybridized carbons (Fsp3) is 0.333. The van der Waals surface area contributed by atoms with Crippen LogP contribution < -0.4 is 5.32 Å². The summed E-state index contributed by atoms with van der Waals surface area (Å²) in [4.78, 5) is 16.4. The Morgan fingerprint density at radius 2 is 1.95 bits per heavy atom. The number of nitrogens with zero attached hydrogens (tertiary/aromatic N) is 2. The second-order valence-electron chi connectivity index (χ2n) is 10.1. The van der Waals surface area contributed by atoms with Gasteiger partial charge < -0.3 is 9.88 Å². The first kappa shape index (κ1) is 28.0. The molecular formula is C30H34F3N3O. The van der Waals surface area contributed by atoms with Crippen LogP contribution >= 0.6 is 0 Å². The maximum absolute atomic E-state index is 12.9. The molecule has 1 atom stereocenters. The molecular weight excluding hydrogens is 475 g/mol. The number of alkyl halides is 3. The highest BCUT2D eigenvalue weighted by atomic mass is 19.4. The highest BCUT2D eigenvalue weighted by molar-refractivity contribution is 6.00. The first-order valence-corrected chi connectivity index (χ1v) is 12.2. The van der Waals surface area contributed by atoms with E-state index in [9.17, 15) is 18.0 Å². The minimum atomic E-state index is -4.46. The summed E-state index contributed by atoms with van der Waals surface area (Å²) < 4.78 is 40.8. The summed E-state index contributed by atoms with van der Waals surface area (Å²) in [5, 5.41) is 2.48. The maximum atomic E-state index is 12.9. The first-order chi connectivity index (χ1) is 17.4. The lowest BCUT2D eigenvalue weighted by molar-refractivity contribution is -0.137. The van der Waals surface area contributed by atoms with E-state index in [0.29, 0.717) is 11.6 Å². The quantitative estimate of drug-likeness (QED) is 0.302. The molecule has 196 valence electrons. The van der Waals surface area contributed by atoms with E-state index in [1.165, 1.54) is 29.4 Å². The number of halogens is 3. The van der Waals surface area contributed by atoms with Crippen molar-refractivity contribution in [2.24, 2.45) is 5.41 Å². The SMILES string of the molecule is CC1=C(/C=C/C(C)=C/C=C/C(C)=C/C(=O)Nc2cccc(C(F)(F)F)c2)C(C)(C)CCC1n1ccnc1. The Labute approximate surface area is 217 Å². The average molecular weight is 510 g/mol. The second-order valence-corrected chi connectivity index (χ2v) is 10.1. The number of rotatable bonds is 7. The average Bonchev–Trinajstić information content (AvgIpc) is 3.32. The molecule has 1 amide bonds. The third kappa shape index (κ3) is 7.68. The summed E-state index contributed by atoms with van der Waals surface area (Å²) >= 11 is 0. The van der Waals surface area contributed by atoms with Crippen molar-refractivity contribution in [3.05, 3.63) is 107 Å². The minimum Gasteiger partial charge on any atom is -0.330 e. The van der Waals surface area contributed by atoms with Crippen LogP contribution in [0.5, 0.6) is 0 Å². The molecule has 0 bridgehead atoms. The number of carbonyl (C=O) groups excluding carboxylic acids is 1. The van der Waals surface area contributed by atoms with E-state index in [2.05, 4.69) is 47.8 Å². The molecule has 1 N–H and O–H groups in total. The van der Waals surface area contributed by atoms with Gasteiger partial charge in [-0.05, 0) is 73.9 Å². The summed E-state index contributed by atoms with van der Waals surface area (Å²) in [5.41, 5.74) is 3.78. The van der Waals surface area contributed by atoms with Gasteiger partial charge in [-0.1, -0.05) is 55.9 Å². The molecule has 1 aliphatic rings. The van der Waals surface area contributed by atoms with E-state index in [1.807, 2.05) is 37.8 Å². The topological polar surface area (TPSA) is 46.9 Å². The molecule has 0 spiro atoms. The van der Waals surface area contributed by atoms with Crippen molar-refractivity contribution in [1.29, 1.82) is 0 Å². The summed E-state index contributed by atoms with van der Waals surface area (Å²) in [6.45, 7) is 10.5. The van der Waals surface area contributed by atoms with Gasteiger partial charge in [0.2, 0.25) is 5.91 Å². The number of allylic oxidation sites excluding steroid dienone is 9. The van der Waals surface area contributed by atoms with Crippen LogP contribution in [0.2, 0.25) is 0 Å². The van der Waals surface area contributed by atoms with Crippen LogP contribution in [0.4, 0.5) is 18.9 Å². The van der Waals surface area contributed by atoms with Crippen molar-refractivity contribution in [3.63, 3.8) is 0 Å². The Morgan fingerprint density at radius 1 is 1.19 bits per heavy atom. The second kappa shape index (κ2) is 11.6. The molecule has 0 saturated heterocycles. The van der Waals surface area contributed by atoms with Crippen LogP contribution in [0.1, 0.15) is 59.1 Å². The molecule has 1 aromatic carbocycles. The lowest BCUT2D eigenvalue weighted by Gasteiger charge is -2.37. The molecule has 0 saturated carbocycles. The number of amides is 1. The molecule has 37 heavy (non-hydrogen) atoms. The number of hydrogen-bond acceptors (Lipinski definition) is 2. The zero-order valence-corrected chi connectivity index (χ0v) is 21.9. The first-order valence-electron chi connectivity index (χ1n) is 12.2. The Hall–Kier alpha value is -3.61. The number of benzene rings is 1. The van der Waals surface area contributed by atoms with Crippen molar-refractivity contribution < 1.29 is 18.0 Å². The third-order valence-electron chi connectivity index (χ3n) is 6.63. The van der Waals surface area contributed by atoms with Gasteiger partial charge in [0.15, 0.2) is 0 Å². The van der Waals surface area contributed by atoms with E-state index in [4.69, 9.17) is 0 Å². The van der Waals surface area contributed by atoms with E-state index >= 15 is 0 Å². The monoisotopic (exact) mass is 509 g/mol. The number of nitrogens with one attached hydrogen (secondary N) is 1. The van der Waals surface area contributed by atoms with Crippen molar-refractivity contribution in [1.82, 2.24) is 9.55 Å². The smallest absolute Gasteiger partial charge is 0.330 e. The number of carbonyl (C=O) groups is 1. The van der Waals surface area contributed by atoms with Crippen molar-refractivity contribution in [2.75, 3.05) is 5.32 Å². The zero-order valence-electron chi connectivity index (χ0n) is 21.9. The van der Waals surface area contributed by atoms with Gasteiger partial charge in [0.05, 0.1) is 17.9 Å². The molecule has 1 aromatic heterocycles. The van der Waals surface area contributed by atoms with Gasteiger partial charge >= 0.3 is 6.18 Å². The summed E-state index contributed by atoms with van der Waals surface area (Å²) in [5.74, 6) is -0.489. The Bertz CT molecular complexity index is 1260. The zero-order chi connectivity index (χ0) is 27.2. The van der Waals surface area contributed by atoms with E-state index in [0.717, 1.165) is 30.5 Å². The molecule has 2 aromatic rings. The van der Waals surface area contributed by atoms with E-state index in [-0.39, 0.29) is 11.1 Å². The predicted octanol–water partition coefficient (Wildman–Crippen LogP) is 8.22. The number of anilines is 1. The lowest BCUT2D eigenvalue weighted by Crippen LogP contribution is -2.25. The van der Waals surface area contributed by atoms with Gasteiger partial charge in [-0.25, -0.2) is 4.98 Å². The predicted molar refractivity (Wildman–Crippen MR) is 143 cm³/mol. The molecule has 0 aliphatic heterocycles. The van der Waals surface area contributed by atoms with Gasteiger partial charge in [0.25, 0.3) is 0 Å². The highest BCUT2D eigenvalue weighted by Crippen LogP contribution is 2.45. The summed E-state index contributed by atoms with van der Waals surface area (Å²) in [6.07, 6.45) is 14.6. The molecule has 0 fully saturated rings. The fourth-order valence-corrected chi connectivity index (χ4v) is 4.57. The van der Waals surface area contributed by atoms with E-state index in [1.54, 1.807) is 13.0 Å². The van der Waals surface area contributed by atoms with Crippen LogP contribution in [0, 0.1) is 5.41 Å². The van der Waals surface area contributed by atoms with Gasteiger partial charge in [-0.3, -0.25) is 4.79 Å². The van der Waals surface area contributed by atoms with Crippen LogP contribution in [-0.4, -0.2) is 15.5 Å². The number of imidazole rings is 1. The number of aromatic nitrogens is 2. The van der Waals surface area contributed by atoms with E-state index < -0.39 is 17.6 Å². The highest BCUT2D eigenvalue weighted by Gasteiger charge is 2.32. The Morgan fingerprint density at radius 3 is 2.62 bits per heavy atom. The van der Waals surface area contributed by atoms with Gasteiger partial charge in [0.1, 0.15) is 0 Å². The standard InChI is InChI=1S/C30H34F3N3O/c1-21(12-13-26-23(3)27(14-15-29(26,4)5)36-17-16-34-20-36)8-6-9-22(2)18-28(37)35-25-11-7-10-24(19-25)30(31,32)33/h6-13,16-20,27H,14-15H2,1-5H3,(H,35,37)/b9-6+,13-12+,21-8+,22-18+. The maximum Gasteiger partial charge on any atom is 0.416 e. The number of hydrogen-bond donors (Lipinski definition) is 1. The molecule has 0 radical (unpaired) electrons. The molecule has 1 unspecified atom stereocenters. The van der Waals surface area contributed by atoms with Crippen molar-refractivity contribution in [3.8, 4) is 0 Å². The normalized spacial score (nSPS) is 19.2. The molecule has 7 heteroatoms. The molecule has 1 heterocycles. The molecule has 3 rings (SSSR count). The van der Waals surface area contributed by atoms with Crippen LogP contribution in [0.15, 0.2) is 102 Å². The van der Waals surface area contributed by atoms with Gasteiger partial charge in [-0.15, -0.1) is 0 Å². The van der Waals surface area contributed by atoms with Crippen molar-refractivity contribution >= 4 is 11.6 Å². The fourth-order valence-electron chi connectivity index (χ4n) is 4.57. The molecule has 4 nitrogen and oxygen atoms in total. The summed E-state index contributed by atoms with van der Waals surface area (Å²) in [6, 6.07) is 4.88. The van der Waals surface area contributed by atoms with Crippen LogP contribution in [-0.2, 0) is 11.0 Å². The Kier molecular flexibility index (Phi) is 8.79. The minimum absolute atomic E-state index is 0.0834. The summed E-state index contributed by atoms with van der Waals surface area (Å²) in [7, 11) is 0. The Balaban J connectivity index is 1.65. The third-order valence-corrected chi connectivity index (χ3v) is 6.63.